The fourth-order valence-electron chi connectivity index (χ4n) is 4.63. The average Bonchev–Trinajstić information content (AvgIpc) is 3.00. The average molecular weight is 675 g/mol. The van der Waals surface area contributed by atoms with Gasteiger partial charge in [0.05, 0.1) is 58.4 Å². The van der Waals surface area contributed by atoms with E-state index in [4.69, 9.17) is 14.2 Å². The highest BCUT2D eigenvalue weighted by atomic mass is 16.5. The van der Waals surface area contributed by atoms with Crippen molar-refractivity contribution < 1.29 is 53.5 Å². The van der Waals surface area contributed by atoms with E-state index in [1.54, 1.807) is 9.80 Å². The number of carboxylic acids is 3. The first-order valence-corrected chi connectivity index (χ1v) is 16.7. The van der Waals surface area contributed by atoms with Gasteiger partial charge in [-0.15, -0.1) is 0 Å². The molecule has 15 nitrogen and oxygen atoms in total. The second kappa shape index (κ2) is 28.4. The molecular weight excluding hydrogens is 615 g/mol. The van der Waals surface area contributed by atoms with E-state index in [1.165, 1.54) is 7.85 Å². The highest BCUT2D eigenvalue weighted by Crippen LogP contribution is 2.11. The monoisotopic (exact) mass is 674 g/mol. The van der Waals surface area contributed by atoms with E-state index in [1.807, 2.05) is 11.8 Å². The summed E-state index contributed by atoms with van der Waals surface area (Å²) in [5.41, 5.74) is 0.0757. The number of aliphatic carboxylic acids is 3. The zero-order valence-electron chi connectivity index (χ0n) is 29.0. The van der Waals surface area contributed by atoms with Crippen molar-refractivity contribution in [2.45, 2.75) is 65.3 Å². The van der Waals surface area contributed by atoms with Crippen LogP contribution in [0.15, 0.2) is 0 Å². The Bertz CT molecular complexity index is 900. The van der Waals surface area contributed by atoms with E-state index in [0.717, 1.165) is 12.8 Å². The van der Waals surface area contributed by atoms with Gasteiger partial charge < -0.3 is 39.6 Å². The van der Waals surface area contributed by atoms with E-state index in [0.29, 0.717) is 78.0 Å². The molecule has 2 unspecified atom stereocenters. The van der Waals surface area contributed by atoms with Crippen molar-refractivity contribution >= 4 is 37.3 Å². The summed E-state index contributed by atoms with van der Waals surface area (Å²) in [5.74, 6) is -2.87. The minimum atomic E-state index is -1.05. The topological polar surface area (TPSA) is 195 Å². The Morgan fingerprint density at radius 2 is 1.23 bits per heavy atom. The van der Waals surface area contributed by atoms with Gasteiger partial charge in [0.15, 0.2) is 7.85 Å². The Morgan fingerprint density at radius 1 is 0.702 bits per heavy atom. The largest absolute Gasteiger partial charge is 0.480 e. The number of nitrogens with zero attached hydrogens (tertiary/aromatic N) is 3. The molecule has 0 aromatic carbocycles. The summed E-state index contributed by atoms with van der Waals surface area (Å²) in [7, 11) is 1.51. The summed E-state index contributed by atoms with van der Waals surface area (Å²) < 4.78 is 16.1. The van der Waals surface area contributed by atoms with Crippen LogP contribution in [0, 0.1) is 5.92 Å². The SMILES string of the molecule is BC(=O)CCOCCOCCOCCNC(=O)CCC(C(=O)O)N(CCC)CCN(CCN(CCC(C)CC)CC(=O)O)CC(=O)O. The van der Waals surface area contributed by atoms with Crippen LogP contribution in [0.3, 0.4) is 0 Å². The third kappa shape index (κ3) is 26.1. The molecular formula is C31H59BN4O11. The lowest BCUT2D eigenvalue weighted by Gasteiger charge is -2.32. The van der Waals surface area contributed by atoms with Crippen molar-refractivity contribution in [1.82, 2.24) is 20.0 Å². The van der Waals surface area contributed by atoms with Crippen LogP contribution in [0.25, 0.3) is 0 Å². The molecule has 0 aromatic rings. The molecule has 0 spiro atoms. The van der Waals surface area contributed by atoms with Crippen molar-refractivity contribution in [1.29, 1.82) is 0 Å². The van der Waals surface area contributed by atoms with Gasteiger partial charge in [0.1, 0.15) is 6.04 Å². The third-order valence-corrected chi connectivity index (χ3v) is 7.58. The summed E-state index contributed by atoms with van der Waals surface area (Å²) in [6.45, 7) is 10.4. The molecule has 4 N–H and O–H groups in total. The molecule has 272 valence electrons. The Hall–Kier alpha value is -2.63. The van der Waals surface area contributed by atoms with Crippen LogP contribution in [0.1, 0.15) is 59.3 Å². The van der Waals surface area contributed by atoms with E-state index in [-0.39, 0.29) is 63.8 Å². The molecule has 0 aromatic heterocycles. The first-order valence-electron chi connectivity index (χ1n) is 16.7. The zero-order valence-corrected chi connectivity index (χ0v) is 29.0. The standard InChI is InChI=1S/C31H59BN4O11/c1-4-11-36(16-15-35(24-30(41)42)14-13-34(23-29(39)40)12-8-25(3)5-2)26(31(43)44)6-7-28(38)33-10-18-46-20-22-47-21-19-45-17-9-27(32)37/h25-26H,4-24,32H2,1-3H3,(H,33,38)(H,39,40)(H,41,42)(H,43,44). The second-order valence-electron chi connectivity index (χ2n) is 11.7. The normalized spacial score (nSPS) is 12.8. The molecule has 1 amide bonds. The molecule has 16 heteroatoms. The van der Waals surface area contributed by atoms with Crippen LogP contribution in [-0.2, 0) is 38.2 Å². The summed E-state index contributed by atoms with van der Waals surface area (Å²) in [5, 5.41) is 31.5. The van der Waals surface area contributed by atoms with Gasteiger partial charge in [-0.2, -0.15) is 0 Å². The van der Waals surface area contributed by atoms with E-state index in [9.17, 15) is 39.3 Å². The Kier molecular flexibility index (Phi) is 26.8. The van der Waals surface area contributed by atoms with Crippen molar-refractivity contribution in [2.24, 2.45) is 5.92 Å². The number of rotatable bonds is 33. The molecule has 0 fully saturated rings. The van der Waals surface area contributed by atoms with Crippen LogP contribution >= 0.6 is 0 Å². The second-order valence-corrected chi connectivity index (χ2v) is 11.7. The van der Waals surface area contributed by atoms with Crippen molar-refractivity contribution in [3.63, 3.8) is 0 Å². The van der Waals surface area contributed by atoms with Crippen LogP contribution in [0.5, 0.6) is 0 Å². The van der Waals surface area contributed by atoms with Gasteiger partial charge in [-0.3, -0.25) is 33.9 Å². The first kappa shape index (κ1) is 44.4. The van der Waals surface area contributed by atoms with Gasteiger partial charge in [-0.05, 0) is 38.3 Å². The lowest BCUT2D eigenvalue weighted by atomic mass is 10.0. The number of carbonyl (C=O) groups excluding carboxylic acids is 2. The molecule has 0 saturated heterocycles. The van der Waals surface area contributed by atoms with Crippen molar-refractivity contribution in [3.8, 4) is 0 Å². The highest BCUT2D eigenvalue weighted by molar-refractivity contribution is 6.57. The Balaban J connectivity index is 4.73. The molecule has 47 heavy (non-hydrogen) atoms. The lowest BCUT2D eigenvalue weighted by Crippen LogP contribution is -2.48. The quantitative estimate of drug-likeness (QED) is 0.0530. The fraction of sp³-hybridized carbons (Fsp3) is 0.839. The van der Waals surface area contributed by atoms with Gasteiger partial charge in [0, 0.05) is 45.6 Å². The summed E-state index contributed by atoms with van der Waals surface area (Å²) in [6.07, 6.45) is 2.97. The van der Waals surface area contributed by atoms with E-state index >= 15 is 0 Å². The smallest absolute Gasteiger partial charge is 0.320 e. The summed E-state index contributed by atoms with van der Waals surface area (Å²) in [6, 6.07) is -0.925. The summed E-state index contributed by atoms with van der Waals surface area (Å²) >= 11 is 0. The van der Waals surface area contributed by atoms with E-state index < -0.39 is 23.9 Å². The lowest BCUT2D eigenvalue weighted by molar-refractivity contribution is -0.144. The Morgan fingerprint density at radius 3 is 1.74 bits per heavy atom. The predicted octanol–water partition coefficient (Wildman–Crippen LogP) is -0.143. The first-order chi connectivity index (χ1) is 22.4. The van der Waals surface area contributed by atoms with Gasteiger partial charge in [-0.25, -0.2) is 0 Å². The van der Waals surface area contributed by atoms with E-state index in [2.05, 4.69) is 19.2 Å². The molecule has 0 saturated carbocycles. The third-order valence-electron chi connectivity index (χ3n) is 7.58. The number of nitrogens with one attached hydrogen (secondary N) is 1. The minimum absolute atomic E-state index is 0.00307. The molecule has 0 heterocycles. The van der Waals surface area contributed by atoms with Crippen LogP contribution in [0.2, 0.25) is 0 Å². The zero-order chi connectivity index (χ0) is 35.5. The molecule has 0 aliphatic carbocycles. The molecule has 0 bridgehead atoms. The highest BCUT2D eigenvalue weighted by Gasteiger charge is 2.26. The van der Waals surface area contributed by atoms with Crippen LogP contribution < -0.4 is 5.32 Å². The molecule has 0 aliphatic heterocycles. The maximum Gasteiger partial charge on any atom is 0.320 e. The maximum absolute atomic E-state index is 12.4. The predicted molar refractivity (Wildman–Crippen MR) is 178 cm³/mol. The van der Waals surface area contributed by atoms with Crippen molar-refractivity contribution in [3.05, 3.63) is 0 Å². The van der Waals surface area contributed by atoms with Gasteiger partial charge in [0.2, 0.25) is 5.91 Å². The minimum Gasteiger partial charge on any atom is -0.480 e. The Labute approximate surface area is 280 Å². The number of hydrogen-bond donors (Lipinski definition) is 4. The molecule has 0 aliphatic rings. The molecule has 0 rings (SSSR count). The van der Waals surface area contributed by atoms with Gasteiger partial charge in [-0.1, -0.05) is 27.2 Å². The fourth-order valence-corrected chi connectivity index (χ4v) is 4.63. The maximum atomic E-state index is 12.4. The number of amides is 1. The van der Waals surface area contributed by atoms with Gasteiger partial charge >= 0.3 is 17.9 Å². The van der Waals surface area contributed by atoms with Crippen LogP contribution in [0.4, 0.5) is 0 Å². The van der Waals surface area contributed by atoms with Gasteiger partial charge in [0.25, 0.3) is 0 Å². The number of hydrogen-bond acceptors (Lipinski definition) is 11. The molecule has 2 atom stereocenters. The number of ether oxygens (including phenoxy) is 3. The van der Waals surface area contributed by atoms with Crippen molar-refractivity contribution in [2.75, 3.05) is 98.5 Å². The number of carboxylic acid groups (broad SMARTS) is 3. The summed E-state index contributed by atoms with van der Waals surface area (Å²) in [4.78, 5) is 63.7. The number of carbonyl (C=O) groups is 5. The molecule has 0 radical (unpaired) electrons. The van der Waals surface area contributed by atoms with Crippen LogP contribution in [-0.4, -0.2) is 172 Å².